The molecule has 0 radical (unpaired) electrons. The number of nitrogens with zero attached hydrogens (tertiary/aromatic N) is 1. The topological polar surface area (TPSA) is 29.4 Å². The van der Waals surface area contributed by atoms with Gasteiger partial charge in [0.05, 0.1) is 27.4 Å². The molecule has 1 atom stereocenters. The molecule has 0 aromatic heterocycles. The first-order valence-corrected chi connectivity index (χ1v) is 7.61. The minimum atomic E-state index is -1.14. The van der Waals surface area contributed by atoms with E-state index in [0.717, 1.165) is 10.5 Å². The molecule has 0 heterocycles. The maximum atomic E-state index is 12.3. The van der Waals surface area contributed by atoms with Crippen LogP contribution in [0.5, 0.6) is 0 Å². The Morgan fingerprint density at radius 1 is 1.16 bits per heavy atom. The number of hydrogen-bond donors (Lipinski definition) is 0. The van der Waals surface area contributed by atoms with Gasteiger partial charge in [0.25, 0.3) is 0 Å². The van der Waals surface area contributed by atoms with Crippen molar-refractivity contribution in [3.8, 4) is 0 Å². The summed E-state index contributed by atoms with van der Waals surface area (Å²) >= 11 is 10.4. The summed E-state index contributed by atoms with van der Waals surface area (Å²) in [6.07, 6.45) is 0. The quantitative estimate of drug-likeness (QED) is 0.619. The molecular formula is C14H10ClNOS2. The number of hydrogen-bond acceptors (Lipinski definition) is 3. The Kier molecular flexibility index (Phi) is 5.00. The van der Waals surface area contributed by atoms with Crippen LogP contribution in [0.25, 0.3) is 0 Å². The van der Waals surface area contributed by atoms with Crippen LogP contribution in [0.1, 0.15) is 5.56 Å². The van der Waals surface area contributed by atoms with Gasteiger partial charge in [-0.15, -0.1) is 0 Å². The smallest absolute Gasteiger partial charge is 0.0780 e. The van der Waals surface area contributed by atoms with Gasteiger partial charge in [-0.05, 0) is 48.1 Å². The summed E-state index contributed by atoms with van der Waals surface area (Å²) in [6, 6.07) is 14.5. The molecule has 0 fully saturated rings. The van der Waals surface area contributed by atoms with E-state index in [1.807, 2.05) is 24.3 Å². The van der Waals surface area contributed by atoms with Crippen molar-refractivity contribution in [3.05, 3.63) is 59.1 Å². The van der Waals surface area contributed by atoms with Crippen molar-refractivity contribution in [1.29, 1.82) is 0 Å². The third-order valence-corrected chi connectivity index (χ3v) is 4.24. The van der Waals surface area contributed by atoms with Crippen LogP contribution >= 0.6 is 23.8 Å². The molecule has 0 N–H and O–H groups in total. The van der Waals surface area contributed by atoms with Crippen LogP contribution in [-0.4, -0.2) is 9.37 Å². The van der Waals surface area contributed by atoms with Crippen LogP contribution in [0, 0.1) is 0 Å². The Morgan fingerprint density at radius 2 is 1.84 bits per heavy atom. The van der Waals surface area contributed by atoms with E-state index >= 15 is 0 Å². The average Bonchev–Trinajstić information content (AvgIpc) is 2.42. The third-order valence-electron chi connectivity index (χ3n) is 2.52. The summed E-state index contributed by atoms with van der Waals surface area (Å²) in [6.45, 7) is 0. The predicted molar refractivity (Wildman–Crippen MR) is 82.7 cm³/mol. The maximum Gasteiger partial charge on any atom is 0.0780 e. The van der Waals surface area contributed by atoms with Gasteiger partial charge in [-0.2, -0.15) is 4.99 Å². The van der Waals surface area contributed by atoms with Crippen LogP contribution < -0.4 is 0 Å². The van der Waals surface area contributed by atoms with Gasteiger partial charge in [-0.1, -0.05) is 29.8 Å². The summed E-state index contributed by atoms with van der Waals surface area (Å²) in [5.41, 5.74) is 1.59. The molecule has 0 saturated carbocycles. The lowest BCUT2D eigenvalue weighted by Gasteiger charge is -2.05. The molecule has 0 aliphatic rings. The van der Waals surface area contributed by atoms with Gasteiger partial charge < -0.3 is 0 Å². The van der Waals surface area contributed by atoms with Crippen LogP contribution in [0.15, 0.2) is 58.4 Å². The minimum Gasteiger partial charge on any atom is -0.254 e. The van der Waals surface area contributed by atoms with E-state index in [9.17, 15) is 4.21 Å². The van der Waals surface area contributed by atoms with Gasteiger partial charge in [-0.3, -0.25) is 4.21 Å². The van der Waals surface area contributed by atoms with E-state index in [0.29, 0.717) is 16.5 Å². The van der Waals surface area contributed by atoms with Crippen LogP contribution in [-0.2, 0) is 16.6 Å². The fraction of sp³-hybridized carbons (Fsp3) is 0.0714. The lowest BCUT2D eigenvalue weighted by Crippen LogP contribution is -1.96. The standard InChI is InChI=1S/C14H10ClNOS2/c15-12-5-7-13(8-6-12)19(17)9-11-3-1-2-4-14(11)16-10-18/h1-8H,9H2. The van der Waals surface area contributed by atoms with Gasteiger partial charge in [0, 0.05) is 9.92 Å². The van der Waals surface area contributed by atoms with Gasteiger partial charge >= 0.3 is 0 Å². The Labute approximate surface area is 124 Å². The number of isothiocyanates is 1. The molecule has 2 rings (SSSR count). The molecule has 1 unspecified atom stereocenters. The molecule has 96 valence electrons. The molecule has 2 aromatic carbocycles. The highest BCUT2D eigenvalue weighted by Crippen LogP contribution is 2.22. The summed E-state index contributed by atoms with van der Waals surface area (Å²) in [5, 5.41) is 2.97. The highest BCUT2D eigenvalue weighted by atomic mass is 35.5. The molecule has 19 heavy (non-hydrogen) atoms. The maximum absolute atomic E-state index is 12.3. The van der Waals surface area contributed by atoms with Crippen molar-refractivity contribution in [2.24, 2.45) is 4.99 Å². The SMILES string of the molecule is O=S(Cc1ccccc1N=C=S)c1ccc(Cl)cc1. The zero-order chi connectivity index (χ0) is 13.7. The number of halogens is 1. The average molecular weight is 308 g/mol. The van der Waals surface area contributed by atoms with Crippen molar-refractivity contribution in [3.63, 3.8) is 0 Å². The van der Waals surface area contributed by atoms with Crippen molar-refractivity contribution >= 4 is 45.5 Å². The van der Waals surface area contributed by atoms with Gasteiger partial charge in [0.15, 0.2) is 0 Å². The van der Waals surface area contributed by atoms with E-state index in [4.69, 9.17) is 11.6 Å². The zero-order valence-corrected chi connectivity index (χ0v) is 12.3. The number of thiocarbonyl (C=S) groups is 1. The number of rotatable bonds is 4. The van der Waals surface area contributed by atoms with Crippen molar-refractivity contribution in [2.45, 2.75) is 10.6 Å². The molecular weight excluding hydrogens is 298 g/mol. The fourth-order valence-corrected chi connectivity index (χ4v) is 2.96. The third kappa shape index (κ3) is 3.82. The zero-order valence-electron chi connectivity index (χ0n) is 9.88. The Balaban J connectivity index is 2.24. The van der Waals surface area contributed by atoms with Crippen molar-refractivity contribution < 1.29 is 4.21 Å². The summed E-state index contributed by atoms with van der Waals surface area (Å²) in [7, 11) is -1.14. The Bertz CT molecular complexity index is 649. The van der Waals surface area contributed by atoms with Gasteiger partial charge in [0.2, 0.25) is 0 Å². The first-order valence-electron chi connectivity index (χ1n) is 5.50. The van der Waals surface area contributed by atoms with E-state index in [2.05, 4.69) is 22.4 Å². The molecule has 0 amide bonds. The first-order chi connectivity index (χ1) is 9.20. The second-order valence-electron chi connectivity index (χ2n) is 3.78. The summed E-state index contributed by atoms with van der Waals surface area (Å²) in [4.78, 5) is 4.72. The molecule has 2 nitrogen and oxygen atoms in total. The Morgan fingerprint density at radius 3 is 2.53 bits per heavy atom. The molecule has 5 heteroatoms. The number of benzene rings is 2. The molecule has 0 spiro atoms. The van der Waals surface area contributed by atoms with E-state index in [1.165, 1.54) is 0 Å². The largest absolute Gasteiger partial charge is 0.254 e. The number of para-hydroxylation sites is 1. The van der Waals surface area contributed by atoms with Crippen LogP contribution in [0.2, 0.25) is 5.02 Å². The first kappa shape index (κ1) is 14.1. The summed E-state index contributed by atoms with van der Waals surface area (Å²) in [5.74, 6) is 0.387. The van der Waals surface area contributed by atoms with E-state index in [1.54, 1.807) is 24.3 Å². The highest BCUT2D eigenvalue weighted by Gasteiger charge is 2.08. The second kappa shape index (κ2) is 6.73. The van der Waals surface area contributed by atoms with Gasteiger partial charge in [0.1, 0.15) is 0 Å². The van der Waals surface area contributed by atoms with Gasteiger partial charge in [-0.25, -0.2) is 0 Å². The predicted octanol–water partition coefficient (Wildman–Crippen LogP) is 4.38. The summed E-state index contributed by atoms with van der Waals surface area (Å²) < 4.78 is 12.3. The lowest BCUT2D eigenvalue weighted by atomic mass is 10.2. The van der Waals surface area contributed by atoms with Crippen molar-refractivity contribution in [1.82, 2.24) is 0 Å². The molecule has 0 saturated heterocycles. The minimum absolute atomic E-state index is 0.387. The van der Waals surface area contributed by atoms with Crippen LogP contribution in [0.3, 0.4) is 0 Å². The fourth-order valence-electron chi connectivity index (χ4n) is 1.60. The number of aliphatic imine (C=N–C) groups is 1. The van der Waals surface area contributed by atoms with Crippen molar-refractivity contribution in [2.75, 3.05) is 0 Å². The van der Waals surface area contributed by atoms with E-state index in [-0.39, 0.29) is 0 Å². The molecule has 0 aliphatic carbocycles. The molecule has 2 aromatic rings. The van der Waals surface area contributed by atoms with E-state index < -0.39 is 10.8 Å². The normalized spacial score (nSPS) is 11.6. The highest BCUT2D eigenvalue weighted by molar-refractivity contribution is 7.84. The Hall–Kier alpha value is -1.32. The monoisotopic (exact) mass is 307 g/mol. The van der Waals surface area contributed by atoms with Crippen LogP contribution in [0.4, 0.5) is 5.69 Å². The second-order valence-corrected chi connectivity index (χ2v) is 5.85. The molecule has 0 bridgehead atoms. The lowest BCUT2D eigenvalue weighted by molar-refractivity contribution is 0.682. The molecule has 0 aliphatic heterocycles.